The molecule has 0 fully saturated rings. The fourth-order valence-electron chi connectivity index (χ4n) is 3.68. The summed E-state index contributed by atoms with van der Waals surface area (Å²) in [5.41, 5.74) is 2.62. The summed E-state index contributed by atoms with van der Waals surface area (Å²) in [6, 6.07) is 12.8. The Bertz CT molecular complexity index is 1330. The van der Waals surface area contributed by atoms with Gasteiger partial charge in [0.05, 0.1) is 10.6 Å². The summed E-state index contributed by atoms with van der Waals surface area (Å²) in [6.45, 7) is 0. The molecule has 5 rings (SSSR count). The highest BCUT2D eigenvalue weighted by atomic mass is 79.9. The van der Waals surface area contributed by atoms with Gasteiger partial charge in [-0.1, -0.05) is 28.1 Å². The van der Waals surface area contributed by atoms with E-state index < -0.39 is 0 Å². The van der Waals surface area contributed by atoms with Gasteiger partial charge in [-0.2, -0.15) is 9.78 Å². The topological polar surface area (TPSA) is 92.7 Å². The first kappa shape index (κ1) is 19.9. The van der Waals surface area contributed by atoms with Crippen LogP contribution >= 0.6 is 27.3 Å². The lowest BCUT2D eigenvalue weighted by atomic mass is 9.97. The maximum Gasteiger partial charge on any atom is 0.256 e. The average Bonchev–Trinajstić information content (AvgIpc) is 3.44. The number of nitrogens with one attached hydrogen (secondary N) is 2. The van der Waals surface area contributed by atoms with E-state index in [0.717, 1.165) is 46.3 Å². The van der Waals surface area contributed by atoms with Crippen LogP contribution in [0.15, 0.2) is 57.1 Å². The highest BCUT2D eigenvalue weighted by Crippen LogP contribution is 2.28. The summed E-state index contributed by atoms with van der Waals surface area (Å²) in [4.78, 5) is 34.0. The van der Waals surface area contributed by atoms with Crippen molar-refractivity contribution >= 4 is 39.0 Å². The normalized spacial score (nSPS) is 13.1. The van der Waals surface area contributed by atoms with Gasteiger partial charge in [0.15, 0.2) is 0 Å². The minimum Gasteiger partial charge on any atom is -0.306 e. The van der Waals surface area contributed by atoms with E-state index in [-0.39, 0.29) is 11.5 Å². The van der Waals surface area contributed by atoms with E-state index in [9.17, 15) is 9.59 Å². The number of aromatic nitrogens is 4. The zero-order chi connectivity index (χ0) is 21.4. The van der Waals surface area contributed by atoms with Crippen LogP contribution in [-0.4, -0.2) is 25.7 Å². The quantitative estimate of drug-likeness (QED) is 0.433. The van der Waals surface area contributed by atoms with E-state index >= 15 is 0 Å². The molecule has 7 nitrogen and oxygen atoms in total. The molecule has 4 aromatic rings. The van der Waals surface area contributed by atoms with E-state index in [1.54, 1.807) is 35.6 Å². The molecular formula is C22H18BrN5O2S. The molecule has 0 saturated heterocycles. The first-order valence-electron chi connectivity index (χ1n) is 9.92. The second-order valence-electron chi connectivity index (χ2n) is 7.29. The van der Waals surface area contributed by atoms with Gasteiger partial charge >= 0.3 is 0 Å². The molecule has 0 aliphatic heterocycles. The molecule has 0 radical (unpaired) electrons. The Labute approximate surface area is 190 Å². The Morgan fingerprint density at radius 3 is 2.84 bits per heavy atom. The Morgan fingerprint density at radius 1 is 1.16 bits per heavy atom. The molecule has 1 aliphatic rings. The third-order valence-corrected chi connectivity index (χ3v) is 6.58. The maximum absolute atomic E-state index is 12.9. The molecule has 2 N–H and O–H groups in total. The van der Waals surface area contributed by atoms with Gasteiger partial charge in [0.25, 0.3) is 11.5 Å². The number of aromatic amines is 1. The van der Waals surface area contributed by atoms with Gasteiger partial charge in [-0.25, -0.2) is 4.98 Å². The molecule has 0 bridgehead atoms. The van der Waals surface area contributed by atoms with Gasteiger partial charge in [-0.05, 0) is 55.3 Å². The van der Waals surface area contributed by atoms with E-state index in [2.05, 4.69) is 36.3 Å². The number of H-pyrrole nitrogens is 1. The van der Waals surface area contributed by atoms with Crippen LogP contribution in [0, 0.1) is 0 Å². The second-order valence-corrected chi connectivity index (χ2v) is 9.15. The highest BCUT2D eigenvalue weighted by molar-refractivity contribution is 9.10. The van der Waals surface area contributed by atoms with Crippen molar-refractivity contribution in [3.63, 3.8) is 0 Å². The fraction of sp³-hybridized carbons (Fsp3) is 0.182. The van der Waals surface area contributed by atoms with Crippen LogP contribution in [0.2, 0.25) is 0 Å². The Morgan fingerprint density at radius 2 is 2.03 bits per heavy atom. The number of fused-ring (bicyclic) bond motifs is 1. The Balaban J connectivity index is 1.59. The Kier molecular flexibility index (Phi) is 5.29. The van der Waals surface area contributed by atoms with Gasteiger partial charge in [-0.15, -0.1) is 11.3 Å². The van der Waals surface area contributed by atoms with Crippen LogP contribution in [0.4, 0.5) is 5.82 Å². The zero-order valence-corrected chi connectivity index (χ0v) is 18.8. The van der Waals surface area contributed by atoms with Crippen molar-refractivity contribution in [3.8, 4) is 16.5 Å². The van der Waals surface area contributed by atoms with Gasteiger partial charge in [0.2, 0.25) is 5.95 Å². The standard InChI is InChI=1S/C22H18BrN5O2S/c23-14-6-3-5-13(11-14)20(29)25-19-12-17(18-9-4-10-31-18)27-28(19)22-24-16-8-2-1-7-15(16)21(30)26-22/h3-6,9-12H,1-2,7-8H2,(H,25,29)(H,24,26,30). The number of aryl methyl sites for hydroxylation is 1. The number of hydrogen-bond donors (Lipinski definition) is 2. The summed E-state index contributed by atoms with van der Waals surface area (Å²) >= 11 is 4.94. The molecule has 156 valence electrons. The number of amides is 1. The van der Waals surface area contributed by atoms with Crippen molar-refractivity contribution in [1.82, 2.24) is 19.7 Å². The third kappa shape index (κ3) is 3.98. The van der Waals surface area contributed by atoms with Gasteiger partial charge in [0.1, 0.15) is 11.5 Å². The molecule has 31 heavy (non-hydrogen) atoms. The van der Waals surface area contributed by atoms with Crippen molar-refractivity contribution in [2.75, 3.05) is 5.32 Å². The summed E-state index contributed by atoms with van der Waals surface area (Å²) < 4.78 is 2.31. The number of anilines is 1. The van der Waals surface area contributed by atoms with Crippen LogP contribution in [-0.2, 0) is 12.8 Å². The SMILES string of the molecule is O=C(Nc1cc(-c2cccs2)nn1-c1nc2c(c(=O)[nH]1)CCCC2)c1cccc(Br)c1. The largest absolute Gasteiger partial charge is 0.306 e. The predicted octanol–water partition coefficient (Wildman–Crippen LogP) is 4.58. The molecule has 1 amide bonds. The number of nitrogens with zero attached hydrogens (tertiary/aromatic N) is 3. The first-order chi connectivity index (χ1) is 15.1. The minimum absolute atomic E-state index is 0.142. The van der Waals surface area contributed by atoms with E-state index in [1.165, 1.54) is 4.68 Å². The van der Waals surface area contributed by atoms with Gasteiger partial charge in [0, 0.05) is 21.7 Å². The number of carbonyl (C=O) groups excluding carboxylic acids is 1. The van der Waals surface area contributed by atoms with Crippen LogP contribution in [0.5, 0.6) is 0 Å². The van der Waals surface area contributed by atoms with Crippen LogP contribution in [0.25, 0.3) is 16.5 Å². The molecule has 1 aromatic carbocycles. The average molecular weight is 496 g/mol. The van der Waals surface area contributed by atoms with E-state index in [0.29, 0.717) is 23.0 Å². The lowest BCUT2D eigenvalue weighted by molar-refractivity contribution is 0.102. The number of benzene rings is 1. The lowest BCUT2D eigenvalue weighted by Crippen LogP contribution is -2.24. The summed E-state index contributed by atoms with van der Waals surface area (Å²) in [5.74, 6) is 0.464. The van der Waals surface area contributed by atoms with Crippen molar-refractivity contribution in [2.24, 2.45) is 0 Å². The fourth-order valence-corrected chi connectivity index (χ4v) is 4.77. The van der Waals surface area contributed by atoms with Gasteiger partial charge < -0.3 is 5.32 Å². The van der Waals surface area contributed by atoms with Gasteiger partial charge in [-0.3, -0.25) is 14.6 Å². The van der Waals surface area contributed by atoms with Crippen molar-refractivity contribution in [2.45, 2.75) is 25.7 Å². The monoisotopic (exact) mass is 495 g/mol. The maximum atomic E-state index is 12.9. The number of thiophene rings is 1. The Hall–Kier alpha value is -3.04. The zero-order valence-electron chi connectivity index (χ0n) is 16.4. The van der Waals surface area contributed by atoms with E-state index in [1.807, 2.05) is 23.6 Å². The third-order valence-electron chi connectivity index (χ3n) is 5.19. The highest BCUT2D eigenvalue weighted by Gasteiger charge is 2.20. The molecular weight excluding hydrogens is 478 g/mol. The molecule has 1 aliphatic carbocycles. The van der Waals surface area contributed by atoms with Crippen molar-refractivity contribution in [1.29, 1.82) is 0 Å². The molecule has 3 aromatic heterocycles. The molecule has 9 heteroatoms. The predicted molar refractivity (Wildman–Crippen MR) is 124 cm³/mol. The van der Waals surface area contributed by atoms with Crippen LogP contribution in [0.1, 0.15) is 34.5 Å². The summed E-state index contributed by atoms with van der Waals surface area (Å²) in [7, 11) is 0. The molecule has 0 saturated carbocycles. The smallest absolute Gasteiger partial charge is 0.256 e. The molecule has 3 heterocycles. The number of hydrogen-bond acceptors (Lipinski definition) is 5. The molecule has 0 unspecified atom stereocenters. The van der Waals surface area contributed by atoms with E-state index in [4.69, 9.17) is 0 Å². The summed E-state index contributed by atoms with van der Waals surface area (Å²) in [6.07, 6.45) is 3.51. The van der Waals surface area contributed by atoms with Crippen LogP contribution < -0.4 is 10.9 Å². The van der Waals surface area contributed by atoms with Crippen molar-refractivity contribution in [3.05, 3.63) is 79.5 Å². The molecule has 0 spiro atoms. The number of halogens is 1. The number of rotatable bonds is 4. The summed E-state index contributed by atoms with van der Waals surface area (Å²) in [5, 5.41) is 9.53. The molecule has 0 atom stereocenters. The lowest BCUT2D eigenvalue weighted by Gasteiger charge is -2.15. The van der Waals surface area contributed by atoms with Crippen molar-refractivity contribution < 1.29 is 4.79 Å². The van der Waals surface area contributed by atoms with Crippen LogP contribution in [0.3, 0.4) is 0 Å². The first-order valence-corrected chi connectivity index (χ1v) is 11.6. The minimum atomic E-state index is -0.277. The second kappa shape index (κ2) is 8.24. The number of carbonyl (C=O) groups is 1.